The maximum absolute atomic E-state index is 12.5. The lowest BCUT2D eigenvalue weighted by Gasteiger charge is -2.29. The van der Waals surface area contributed by atoms with E-state index in [1.165, 1.54) is 0 Å². The highest BCUT2D eigenvalue weighted by Gasteiger charge is 2.38. The van der Waals surface area contributed by atoms with Crippen LogP contribution in [0.3, 0.4) is 0 Å². The van der Waals surface area contributed by atoms with E-state index in [4.69, 9.17) is 5.73 Å². The Morgan fingerprint density at radius 1 is 1.35 bits per heavy atom. The Balaban J connectivity index is 2.41. The molecule has 0 aliphatic carbocycles. The van der Waals surface area contributed by atoms with E-state index in [9.17, 15) is 4.79 Å². The van der Waals surface area contributed by atoms with Crippen LogP contribution in [0, 0.1) is 5.92 Å². The monoisotopic (exact) mass is 230 g/mol. The minimum absolute atomic E-state index is 0.157. The molecule has 1 aromatic rings. The van der Waals surface area contributed by atoms with Crippen LogP contribution in [0.25, 0.3) is 0 Å². The van der Waals surface area contributed by atoms with Crippen LogP contribution in [0.2, 0.25) is 0 Å². The van der Waals surface area contributed by atoms with Crippen LogP contribution in [0.5, 0.6) is 0 Å². The van der Waals surface area contributed by atoms with E-state index < -0.39 is 5.41 Å². The van der Waals surface area contributed by atoms with Crippen LogP contribution in [-0.4, -0.2) is 12.3 Å². The molecule has 0 saturated carbocycles. The molecule has 0 spiro atoms. The Bertz CT molecular complexity index is 453. The number of carbonyl (C=O) groups excluding carboxylic acids is 1. The molecule has 1 aliphatic heterocycles. The highest BCUT2D eigenvalue weighted by molar-refractivity contribution is 5.93. The largest absolute Gasteiger partial charge is 0.386 e. The highest BCUT2D eigenvalue weighted by atomic mass is 16.1. The maximum atomic E-state index is 12.5. The van der Waals surface area contributed by atoms with Gasteiger partial charge < -0.3 is 11.1 Å². The van der Waals surface area contributed by atoms with Gasteiger partial charge >= 0.3 is 0 Å². The Kier molecular flexibility index (Phi) is 2.92. The zero-order chi connectivity index (χ0) is 12.5. The molecule has 1 heterocycles. The van der Waals surface area contributed by atoms with Crippen molar-refractivity contribution in [3.63, 3.8) is 0 Å². The van der Waals surface area contributed by atoms with Gasteiger partial charge in [-0.25, -0.2) is 0 Å². The number of carbonyl (C=O) groups is 1. The number of Topliss-reactive ketones (excluding diaryl/α,β-unsaturated/α-hetero) is 1. The molecule has 2 unspecified atom stereocenters. The fourth-order valence-corrected chi connectivity index (χ4v) is 2.32. The van der Waals surface area contributed by atoms with Gasteiger partial charge in [-0.3, -0.25) is 4.79 Å². The third-order valence-electron chi connectivity index (χ3n) is 3.44. The molecule has 1 aliphatic rings. The van der Waals surface area contributed by atoms with Gasteiger partial charge in [-0.05, 0) is 18.6 Å². The Labute approximate surface area is 102 Å². The first kappa shape index (κ1) is 11.7. The molecule has 90 valence electrons. The SMILES string of the molecule is CC1C=C(N)NCC(C)(c2ccccc2)C1=O. The van der Waals surface area contributed by atoms with Crippen molar-refractivity contribution in [2.45, 2.75) is 19.3 Å². The predicted octanol–water partition coefficient (Wildman–Crippen LogP) is 1.55. The first-order valence-electron chi connectivity index (χ1n) is 5.85. The fourth-order valence-electron chi connectivity index (χ4n) is 2.32. The molecule has 3 heteroatoms. The second kappa shape index (κ2) is 4.24. The Morgan fingerprint density at radius 3 is 2.65 bits per heavy atom. The van der Waals surface area contributed by atoms with E-state index in [0.29, 0.717) is 12.4 Å². The second-order valence-corrected chi connectivity index (χ2v) is 4.83. The summed E-state index contributed by atoms with van der Waals surface area (Å²) >= 11 is 0. The van der Waals surface area contributed by atoms with Crippen LogP contribution in [0.15, 0.2) is 42.2 Å². The molecule has 3 N–H and O–H groups in total. The Hall–Kier alpha value is -1.77. The standard InChI is InChI=1S/C14H18N2O/c1-10-8-12(15)16-9-14(2,13(10)17)11-6-4-3-5-7-11/h3-8,10,16H,9,15H2,1-2H3. The number of allylic oxidation sites excluding steroid dienone is 1. The molecule has 0 bridgehead atoms. The number of rotatable bonds is 1. The van der Waals surface area contributed by atoms with Gasteiger partial charge in [0, 0.05) is 12.5 Å². The van der Waals surface area contributed by atoms with E-state index in [-0.39, 0.29) is 11.7 Å². The van der Waals surface area contributed by atoms with Gasteiger partial charge in [-0.2, -0.15) is 0 Å². The highest BCUT2D eigenvalue weighted by Crippen LogP contribution is 2.29. The first-order valence-corrected chi connectivity index (χ1v) is 5.85. The van der Waals surface area contributed by atoms with Crippen molar-refractivity contribution < 1.29 is 4.79 Å². The quantitative estimate of drug-likeness (QED) is 0.769. The normalized spacial score (nSPS) is 29.2. The maximum Gasteiger partial charge on any atom is 0.151 e. The van der Waals surface area contributed by atoms with Gasteiger partial charge in [0.05, 0.1) is 11.2 Å². The van der Waals surface area contributed by atoms with Gasteiger partial charge in [0.15, 0.2) is 5.78 Å². The Morgan fingerprint density at radius 2 is 2.00 bits per heavy atom. The van der Waals surface area contributed by atoms with Gasteiger partial charge in [0.2, 0.25) is 0 Å². The third-order valence-corrected chi connectivity index (χ3v) is 3.44. The lowest BCUT2D eigenvalue weighted by molar-refractivity contribution is -0.125. The molecule has 0 radical (unpaired) electrons. The molecule has 2 rings (SSSR count). The van der Waals surface area contributed by atoms with Crippen molar-refractivity contribution in [3.8, 4) is 0 Å². The van der Waals surface area contributed by atoms with Crippen LogP contribution < -0.4 is 11.1 Å². The number of hydrogen-bond acceptors (Lipinski definition) is 3. The lowest BCUT2D eigenvalue weighted by atomic mass is 9.75. The molecule has 1 aromatic carbocycles. The van der Waals surface area contributed by atoms with Gasteiger partial charge in [0.25, 0.3) is 0 Å². The number of nitrogens with two attached hydrogens (primary N) is 1. The number of nitrogens with one attached hydrogen (secondary N) is 1. The minimum atomic E-state index is -0.516. The van der Waals surface area contributed by atoms with Gasteiger partial charge in [0.1, 0.15) is 0 Å². The molecular weight excluding hydrogens is 212 g/mol. The van der Waals surface area contributed by atoms with Crippen molar-refractivity contribution in [2.75, 3.05) is 6.54 Å². The van der Waals surface area contributed by atoms with Crippen molar-refractivity contribution in [2.24, 2.45) is 11.7 Å². The zero-order valence-corrected chi connectivity index (χ0v) is 10.2. The first-order chi connectivity index (χ1) is 8.04. The molecule has 0 saturated heterocycles. The average Bonchev–Trinajstić information content (AvgIpc) is 2.44. The second-order valence-electron chi connectivity index (χ2n) is 4.83. The number of hydrogen-bond donors (Lipinski definition) is 2. The van der Waals surface area contributed by atoms with Crippen LogP contribution in [0.1, 0.15) is 19.4 Å². The summed E-state index contributed by atoms with van der Waals surface area (Å²) in [5.74, 6) is 0.636. The van der Waals surface area contributed by atoms with E-state index in [2.05, 4.69) is 5.32 Å². The van der Waals surface area contributed by atoms with Crippen molar-refractivity contribution >= 4 is 5.78 Å². The van der Waals surface area contributed by atoms with Crippen LogP contribution >= 0.6 is 0 Å². The zero-order valence-electron chi connectivity index (χ0n) is 10.2. The van der Waals surface area contributed by atoms with Crippen LogP contribution in [-0.2, 0) is 10.2 Å². The number of benzene rings is 1. The summed E-state index contributed by atoms with van der Waals surface area (Å²) in [4.78, 5) is 12.5. The van der Waals surface area contributed by atoms with E-state index in [1.807, 2.05) is 44.2 Å². The summed E-state index contributed by atoms with van der Waals surface area (Å²) in [5.41, 5.74) is 6.30. The smallest absolute Gasteiger partial charge is 0.151 e. The van der Waals surface area contributed by atoms with Gasteiger partial charge in [-0.15, -0.1) is 0 Å². The average molecular weight is 230 g/mol. The van der Waals surface area contributed by atoms with Crippen molar-refractivity contribution in [1.29, 1.82) is 0 Å². The number of ketones is 1. The summed E-state index contributed by atoms with van der Waals surface area (Å²) in [5, 5.41) is 3.11. The van der Waals surface area contributed by atoms with Crippen molar-refractivity contribution in [1.82, 2.24) is 5.32 Å². The molecule has 3 nitrogen and oxygen atoms in total. The minimum Gasteiger partial charge on any atom is -0.386 e. The molecule has 2 atom stereocenters. The molecular formula is C14H18N2O. The summed E-state index contributed by atoms with van der Waals surface area (Å²) < 4.78 is 0. The van der Waals surface area contributed by atoms with E-state index in [1.54, 1.807) is 6.08 Å². The summed E-state index contributed by atoms with van der Waals surface area (Å²) in [6.45, 7) is 4.41. The fraction of sp³-hybridized carbons (Fsp3) is 0.357. The summed E-state index contributed by atoms with van der Waals surface area (Å²) in [7, 11) is 0. The molecule has 17 heavy (non-hydrogen) atoms. The summed E-state index contributed by atoms with van der Waals surface area (Å²) in [6, 6.07) is 9.86. The summed E-state index contributed by atoms with van der Waals surface area (Å²) in [6.07, 6.45) is 1.79. The van der Waals surface area contributed by atoms with Crippen molar-refractivity contribution in [3.05, 3.63) is 47.8 Å². The third kappa shape index (κ3) is 2.05. The lowest BCUT2D eigenvalue weighted by Crippen LogP contribution is -2.42. The van der Waals surface area contributed by atoms with E-state index >= 15 is 0 Å². The molecule has 0 fully saturated rings. The van der Waals surface area contributed by atoms with E-state index in [0.717, 1.165) is 5.56 Å². The van der Waals surface area contributed by atoms with Gasteiger partial charge in [-0.1, -0.05) is 37.3 Å². The molecule has 0 amide bonds. The predicted molar refractivity (Wildman–Crippen MR) is 68.2 cm³/mol. The topological polar surface area (TPSA) is 55.1 Å². The van der Waals surface area contributed by atoms with Crippen LogP contribution in [0.4, 0.5) is 0 Å². The molecule has 0 aromatic heterocycles.